The van der Waals surface area contributed by atoms with Crippen LogP contribution in [-0.4, -0.2) is 33.0 Å². The van der Waals surface area contributed by atoms with E-state index in [-0.39, 0.29) is 11.7 Å². The first kappa shape index (κ1) is 23.6. The summed E-state index contributed by atoms with van der Waals surface area (Å²) >= 11 is 1.37. The van der Waals surface area contributed by atoms with Gasteiger partial charge in [0.1, 0.15) is 11.6 Å². The third-order valence-corrected chi connectivity index (χ3v) is 6.22. The molecule has 4 aromatic rings. The van der Waals surface area contributed by atoms with Crippen molar-refractivity contribution in [1.29, 1.82) is 0 Å². The van der Waals surface area contributed by atoms with Gasteiger partial charge < -0.3 is 10.1 Å². The van der Waals surface area contributed by atoms with Gasteiger partial charge in [-0.3, -0.25) is 9.36 Å². The molecule has 0 radical (unpaired) electrons. The number of nitrogens with one attached hydrogen (secondary N) is 1. The molecule has 0 aliphatic carbocycles. The van der Waals surface area contributed by atoms with Crippen molar-refractivity contribution in [3.05, 3.63) is 95.8 Å². The van der Waals surface area contributed by atoms with Crippen molar-refractivity contribution in [2.75, 3.05) is 17.7 Å². The number of aryl methyl sites for hydroxylation is 1. The SMILES string of the molecule is CCOc1ccc(-n2c(Cc3ccccc3)nnc2SCC(=O)Nc2ccc(CC)cc2)cc1. The predicted octanol–water partition coefficient (Wildman–Crippen LogP) is 5.55. The van der Waals surface area contributed by atoms with E-state index in [9.17, 15) is 4.79 Å². The Morgan fingerprint density at radius 3 is 2.32 bits per heavy atom. The molecule has 0 saturated heterocycles. The van der Waals surface area contributed by atoms with E-state index in [0.717, 1.165) is 34.9 Å². The van der Waals surface area contributed by atoms with E-state index in [1.165, 1.54) is 17.3 Å². The molecule has 6 nitrogen and oxygen atoms in total. The van der Waals surface area contributed by atoms with Crippen LogP contribution in [0.2, 0.25) is 0 Å². The molecule has 1 heterocycles. The highest BCUT2D eigenvalue weighted by Gasteiger charge is 2.17. The number of anilines is 1. The number of carbonyl (C=O) groups is 1. The van der Waals surface area contributed by atoms with Gasteiger partial charge in [-0.15, -0.1) is 10.2 Å². The third kappa shape index (κ3) is 6.05. The van der Waals surface area contributed by atoms with Crippen molar-refractivity contribution < 1.29 is 9.53 Å². The number of benzene rings is 3. The summed E-state index contributed by atoms with van der Waals surface area (Å²) in [6.45, 7) is 4.68. The zero-order chi connectivity index (χ0) is 23.8. The van der Waals surface area contributed by atoms with Crippen LogP contribution in [-0.2, 0) is 17.6 Å². The average molecular weight is 473 g/mol. The molecule has 1 N–H and O–H groups in total. The van der Waals surface area contributed by atoms with E-state index in [1.807, 2.05) is 78.2 Å². The molecule has 0 bridgehead atoms. The summed E-state index contributed by atoms with van der Waals surface area (Å²) < 4.78 is 7.60. The Bertz CT molecular complexity index is 1210. The minimum Gasteiger partial charge on any atom is -0.494 e. The van der Waals surface area contributed by atoms with Crippen LogP contribution in [0.1, 0.15) is 30.8 Å². The van der Waals surface area contributed by atoms with Gasteiger partial charge in [0.2, 0.25) is 5.91 Å². The monoisotopic (exact) mass is 472 g/mol. The zero-order valence-electron chi connectivity index (χ0n) is 19.4. The molecular formula is C27H28N4O2S. The molecule has 0 atom stereocenters. The number of hydrogen-bond acceptors (Lipinski definition) is 5. The fraction of sp³-hybridized carbons (Fsp3) is 0.222. The van der Waals surface area contributed by atoms with Gasteiger partial charge in [0.15, 0.2) is 5.16 Å². The Kier molecular flexibility index (Phi) is 7.99. The highest BCUT2D eigenvalue weighted by atomic mass is 32.2. The van der Waals surface area contributed by atoms with E-state index in [4.69, 9.17) is 4.74 Å². The van der Waals surface area contributed by atoms with E-state index in [1.54, 1.807) is 0 Å². The van der Waals surface area contributed by atoms with Gasteiger partial charge in [0.05, 0.1) is 12.4 Å². The van der Waals surface area contributed by atoms with Crippen LogP contribution in [0, 0.1) is 0 Å². The van der Waals surface area contributed by atoms with E-state index in [2.05, 4.69) is 34.6 Å². The lowest BCUT2D eigenvalue weighted by Crippen LogP contribution is -2.14. The smallest absolute Gasteiger partial charge is 0.234 e. The third-order valence-electron chi connectivity index (χ3n) is 5.29. The molecule has 0 aliphatic rings. The van der Waals surface area contributed by atoms with E-state index < -0.39 is 0 Å². The highest BCUT2D eigenvalue weighted by Crippen LogP contribution is 2.25. The van der Waals surface area contributed by atoms with E-state index >= 15 is 0 Å². The van der Waals surface area contributed by atoms with Gasteiger partial charge in [-0.2, -0.15) is 0 Å². The van der Waals surface area contributed by atoms with Gasteiger partial charge in [0.25, 0.3) is 0 Å². The summed E-state index contributed by atoms with van der Waals surface area (Å²) in [7, 11) is 0. The number of amides is 1. The van der Waals surface area contributed by atoms with Crippen LogP contribution in [0.5, 0.6) is 5.75 Å². The normalized spacial score (nSPS) is 10.8. The summed E-state index contributed by atoms with van der Waals surface area (Å²) in [6, 6.07) is 25.9. The Balaban J connectivity index is 1.52. The lowest BCUT2D eigenvalue weighted by atomic mass is 10.1. The largest absolute Gasteiger partial charge is 0.494 e. The minimum atomic E-state index is -0.0832. The standard InChI is InChI=1S/C27H28N4O2S/c1-3-20-10-12-22(13-11-20)28-26(32)19-34-27-30-29-25(18-21-8-6-5-7-9-21)31(27)23-14-16-24(17-15-23)33-4-2/h5-17H,3-4,18-19H2,1-2H3,(H,28,32). The first-order valence-corrected chi connectivity index (χ1v) is 12.4. The molecule has 0 aliphatic heterocycles. The molecule has 0 spiro atoms. The van der Waals surface area contributed by atoms with Crippen LogP contribution in [0.15, 0.2) is 84.0 Å². The second-order valence-corrected chi connectivity index (χ2v) is 8.65. The van der Waals surface area contributed by atoms with Crippen molar-refractivity contribution >= 4 is 23.4 Å². The van der Waals surface area contributed by atoms with Gasteiger partial charge in [-0.25, -0.2) is 0 Å². The number of carbonyl (C=O) groups excluding carboxylic acids is 1. The van der Waals surface area contributed by atoms with Crippen LogP contribution >= 0.6 is 11.8 Å². The maximum Gasteiger partial charge on any atom is 0.234 e. The average Bonchev–Trinajstić information content (AvgIpc) is 3.27. The molecule has 7 heteroatoms. The topological polar surface area (TPSA) is 69.0 Å². The van der Waals surface area contributed by atoms with Crippen LogP contribution in [0.3, 0.4) is 0 Å². The second kappa shape index (κ2) is 11.5. The molecule has 0 fully saturated rings. The number of nitrogens with zero attached hydrogens (tertiary/aromatic N) is 3. The van der Waals surface area contributed by atoms with Gasteiger partial charge >= 0.3 is 0 Å². The maximum atomic E-state index is 12.6. The lowest BCUT2D eigenvalue weighted by Gasteiger charge is -2.12. The van der Waals surface area contributed by atoms with Gasteiger partial charge in [-0.05, 0) is 60.9 Å². The summed E-state index contributed by atoms with van der Waals surface area (Å²) in [4.78, 5) is 12.6. The molecule has 4 rings (SSSR count). The summed E-state index contributed by atoms with van der Waals surface area (Å²) in [5.41, 5.74) is 4.10. The quantitative estimate of drug-likeness (QED) is 0.307. The Morgan fingerprint density at radius 1 is 0.912 bits per heavy atom. The van der Waals surface area contributed by atoms with Crippen molar-refractivity contribution in [2.24, 2.45) is 0 Å². The van der Waals surface area contributed by atoms with Gasteiger partial charge in [-0.1, -0.05) is 61.2 Å². The first-order valence-electron chi connectivity index (χ1n) is 11.4. The van der Waals surface area contributed by atoms with Crippen molar-refractivity contribution in [3.63, 3.8) is 0 Å². The van der Waals surface area contributed by atoms with Crippen molar-refractivity contribution in [1.82, 2.24) is 14.8 Å². The minimum absolute atomic E-state index is 0.0832. The number of ether oxygens (including phenoxy) is 1. The van der Waals surface area contributed by atoms with Crippen LogP contribution in [0.25, 0.3) is 5.69 Å². The summed E-state index contributed by atoms with van der Waals surface area (Å²) in [6.07, 6.45) is 1.61. The van der Waals surface area contributed by atoms with Crippen molar-refractivity contribution in [3.8, 4) is 11.4 Å². The van der Waals surface area contributed by atoms with Crippen LogP contribution in [0.4, 0.5) is 5.69 Å². The van der Waals surface area contributed by atoms with Crippen LogP contribution < -0.4 is 10.1 Å². The molecule has 174 valence electrons. The van der Waals surface area contributed by atoms with E-state index in [0.29, 0.717) is 18.2 Å². The van der Waals surface area contributed by atoms with Crippen molar-refractivity contribution in [2.45, 2.75) is 31.8 Å². The molecule has 0 unspecified atom stereocenters. The Hall–Kier alpha value is -3.58. The molecule has 0 saturated carbocycles. The summed E-state index contributed by atoms with van der Waals surface area (Å²) in [5.74, 6) is 1.77. The number of rotatable bonds is 10. The predicted molar refractivity (Wildman–Crippen MR) is 137 cm³/mol. The highest BCUT2D eigenvalue weighted by molar-refractivity contribution is 7.99. The molecule has 3 aromatic carbocycles. The number of aromatic nitrogens is 3. The molecule has 1 amide bonds. The zero-order valence-corrected chi connectivity index (χ0v) is 20.2. The molecule has 1 aromatic heterocycles. The lowest BCUT2D eigenvalue weighted by molar-refractivity contribution is -0.113. The number of hydrogen-bond donors (Lipinski definition) is 1. The second-order valence-electron chi connectivity index (χ2n) is 7.71. The Labute approximate surface area is 204 Å². The Morgan fingerprint density at radius 2 is 1.65 bits per heavy atom. The number of thioether (sulfide) groups is 1. The molecular weight excluding hydrogens is 444 g/mol. The molecule has 34 heavy (non-hydrogen) atoms. The van der Waals surface area contributed by atoms with Gasteiger partial charge in [0, 0.05) is 17.8 Å². The summed E-state index contributed by atoms with van der Waals surface area (Å²) in [5, 5.41) is 12.5. The first-order chi connectivity index (χ1) is 16.7. The fourth-order valence-corrected chi connectivity index (χ4v) is 4.33. The fourth-order valence-electron chi connectivity index (χ4n) is 3.56. The maximum absolute atomic E-state index is 12.6.